The Labute approximate surface area is 154 Å². The first kappa shape index (κ1) is 17.4. The molecule has 1 aromatic carbocycles. The topological polar surface area (TPSA) is 66.7 Å². The number of nitrogens with zero attached hydrogens (tertiary/aromatic N) is 3. The van der Waals surface area contributed by atoms with Gasteiger partial charge >= 0.3 is 0 Å². The highest BCUT2D eigenvalue weighted by Crippen LogP contribution is 2.37. The second-order valence-electron chi connectivity index (χ2n) is 6.81. The summed E-state index contributed by atoms with van der Waals surface area (Å²) in [6.45, 7) is 1.04. The van der Waals surface area contributed by atoms with Gasteiger partial charge in [0.1, 0.15) is 11.4 Å². The molecule has 138 valence electrons. The first-order chi connectivity index (χ1) is 13.0. The zero-order chi connectivity index (χ0) is 19.1. The van der Waals surface area contributed by atoms with Crippen molar-refractivity contribution in [2.45, 2.75) is 6.04 Å². The molecular weight excluding hydrogens is 349 g/mol. The van der Waals surface area contributed by atoms with Crippen LogP contribution in [0.25, 0.3) is 11.0 Å². The van der Waals surface area contributed by atoms with E-state index in [2.05, 4.69) is 4.98 Å². The van der Waals surface area contributed by atoms with Crippen molar-refractivity contribution in [3.05, 3.63) is 75.7 Å². The highest BCUT2D eigenvalue weighted by Gasteiger charge is 2.42. The van der Waals surface area contributed by atoms with Crippen LogP contribution < -0.4 is 5.43 Å². The molecule has 27 heavy (non-hydrogen) atoms. The van der Waals surface area contributed by atoms with Gasteiger partial charge in [-0.05, 0) is 43.9 Å². The molecule has 1 atom stereocenters. The van der Waals surface area contributed by atoms with Crippen molar-refractivity contribution in [2.24, 2.45) is 0 Å². The largest absolute Gasteiger partial charge is 0.450 e. The monoisotopic (exact) mass is 367 g/mol. The van der Waals surface area contributed by atoms with Gasteiger partial charge in [-0.15, -0.1) is 0 Å². The molecule has 0 aliphatic carbocycles. The van der Waals surface area contributed by atoms with Crippen LogP contribution in [0.1, 0.15) is 27.7 Å². The molecule has 0 spiro atoms. The van der Waals surface area contributed by atoms with E-state index < -0.39 is 11.9 Å². The highest BCUT2D eigenvalue weighted by molar-refractivity contribution is 5.99. The SMILES string of the molecule is CN(C)CCN1C(=O)c2oc3ccc(F)cc3c(=O)c2[C@@H]1c1cccnc1. The summed E-state index contributed by atoms with van der Waals surface area (Å²) in [7, 11) is 3.82. The van der Waals surface area contributed by atoms with Crippen LogP contribution >= 0.6 is 0 Å². The first-order valence-corrected chi connectivity index (χ1v) is 8.59. The third-order valence-electron chi connectivity index (χ3n) is 4.72. The van der Waals surface area contributed by atoms with Crippen LogP contribution in [-0.2, 0) is 0 Å². The number of carbonyl (C=O) groups excluding carboxylic acids is 1. The minimum Gasteiger partial charge on any atom is -0.450 e. The maximum absolute atomic E-state index is 13.7. The minimum atomic E-state index is -0.606. The summed E-state index contributed by atoms with van der Waals surface area (Å²) in [5.74, 6) is -0.850. The molecule has 3 heterocycles. The predicted molar refractivity (Wildman–Crippen MR) is 98.1 cm³/mol. The molecule has 0 unspecified atom stereocenters. The highest BCUT2D eigenvalue weighted by atomic mass is 19.1. The number of benzene rings is 1. The number of carbonyl (C=O) groups is 1. The molecular formula is C20H18FN3O3. The Hall–Kier alpha value is -3.06. The molecule has 0 saturated carbocycles. The molecule has 0 bridgehead atoms. The molecule has 0 radical (unpaired) electrons. The average molecular weight is 367 g/mol. The molecule has 6 nitrogen and oxygen atoms in total. The van der Waals surface area contributed by atoms with E-state index in [1.54, 1.807) is 23.4 Å². The van der Waals surface area contributed by atoms with E-state index in [9.17, 15) is 14.0 Å². The number of hydrogen-bond donors (Lipinski definition) is 0. The quantitative estimate of drug-likeness (QED) is 0.709. The zero-order valence-corrected chi connectivity index (χ0v) is 15.0. The van der Waals surface area contributed by atoms with Gasteiger partial charge in [0.05, 0.1) is 17.0 Å². The first-order valence-electron chi connectivity index (χ1n) is 8.59. The van der Waals surface area contributed by atoms with Crippen LogP contribution in [0.5, 0.6) is 0 Å². The van der Waals surface area contributed by atoms with Crippen LogP contribution in [0, 0.1) is 5.82 Å². The average Bonchev–Trinajstić information content (AvgIpc) is 2.94. The van der Waals surface area contributed by atoms with Crippen molar-refractivity contribution in [2.75, 3.05) is 27.2 Å². The van der Waals surface area contributed by atoms with Crippen LogP contribution in [0.15, 0.2) is 51.9 Å². The molecule has 0 fully saturated rings. The Bertz CT molecular complexity index is 1080. The second kappa shape index (κ2) is 6.59. The van der Waals surface area contributed by atoms with Gasteiger partial charge in [-0.3, -0.25) is 14.6 Å². The zero-order valence-electron chi connectivity index (χ0n) is 15.0. The predicted octanol–water partition coefficient (Wildman–Crippen LogP) is 2.43. The van der Waals surface area contributed by atoms with Crippen molar-refractivity contribution in [3.63, 3.8) is 0 Å². The van der Waals surface area contributed by atoms with Crippen LogP contribution in [0.4, 0.5) is 4.39 Å². The van der Waals surface area contributed by atoms with E-state index in [0.29, 0.717) is 18.7 Å². The van der Waals surface area contributed by atoms with Crippen LogP contribution in [0.2, 0.25) is 0 Å². The van der Waals surface area contributed by atoms with E-state index in [-0.39, 0.29) is 33.6 Å². The number of aromatic nitrogens is 1. The van der Waals surface area contributed by atoms with Gasteiger partial charge in [-0.2, -0.15) is 0 Å². The van der Waals surface area contributed by atoms with E-state index in [4.69, 9.17) is 4.42 Å². The van der Waals surface area contributed by atoms with Gasteiger partial charge in [0, 0.05) is 25.5 Å². The van der Waals surface area contributed by atoms with Gasteiger partial charge in [0.25, 0.3) is 5.91 Å². The van der Waals surface area contributed by atoms with E-state index in [1.807, 2.05) is 25.1 Å². The van der Waals surface area contributed by atoms with Crippen molar-refractivity contribution in [1.29, 1.82) is 0 Å². The van der Waals surface area contributed by atoms with Gasteiger partial charge in [0.2, 0.25) is 5.76 Å². The maximum Gasteiger partial charge on any atom is 0.290 e. The van der Waals surface area contributed by atoms with Crippen molar-refractivity contribution >= 4 is 16.9 Å². The molecule has 0 saturated heterocycles. The third kappa shape index (κ3) is 2.90. The van der Waals surface area contributed by atoms with E-state index in [1.165, 1.54) is 12.1 Å². The fraction of sp³-hybridized carbons (Fsp3) is 0.250. The fourth-order valence-corrected chi connectivity index (χ4v) is 3.42. The Kier molecular flexibility index (Phi) is 4.24. The number of fused-ring (bicyclic) bond motifs is 2. The second-order valence-corrected chi connectivity index (χ2v) is 6.81. The Balaban J connectivity index is 1.95. The van der Waals surface area contributed by atoms with E-state index >= 15 is 0 Å². The van der Waals surface area contributed by atoms with Gasteiger partial charge in [-0.25, -0.2) is 4.39 Å². The number of likely N-dealkylation sites (N-methyl/N-ethyl adjacent to an activating group) is 1. The number of hydrogen-bond acceptors (Lipinski definition) is 5. The molecule has 3 aromatic rings. The molecule has 4 rings (SSSR count). The molecule has 7 heteroatoms. The molecule has 1 aliphatic heterocycles. The molecule has 2 aromatic heterocycles. The fourth-order valence-electron chi connectivity index (χ4n) is 3.42. The van der Waals surface area contributed by atoms with Crippen molar-refractivity contribution < 1.29 is 13.6 Å². The van der Waals surface area contributed by atoms with Crippen LogP contribution in [0.3, 0.4) is 0 Å². The van der Waals surface area contributed by atoms with Gasteiger partial charge < -0.3 is 14.2 Å². The van der Waals surface area contributed by atoms with Gasteiger partial charge in [0.15, 0.2) is 5.43 Å². The Morgan fingerprint density at radius 2 is 2.07 bits per heavy atom. The summed E-state index contributed by atoms with van der Waals surface area (Å²) < 4.78 is 19.4. The summed E-state index contributed by atoms with van der Waals surface area (Å²) >= 11 is 0. The minimum absolute atomic E-state index is 0.0201. The third-order valence-corrected chi connectivity index (χ3v) is 4.72. The lowest BCUT2D eigenvalue weighted by molar-refractivity contribution is 0.0716. The van der Waals surface area contributed by atoms with E-state index in [0.717, 1.165) is 6.07 Å². The molecule has 1 aliphatic rings. The van der Waals surface area contributed by atoms with Gasteiger partial charge in [-0.1, -0.05) is 6.07 Å². The lowest BCUT2D eigenvalue weighted by Gasteiger charge is -2.26. The summed E-state index contributed by atoms with van der Waals surface area (Å²) in [4.78, 5) is 33.9. The molecule has 1 amide bonds. The number of rotatable bonds is 4. The standard InChI is InChI=1S/C20H18FN3O3/c1-23(2)8-9-24-17(12-4-3-7-22-11-12)16-18(25)14-10-13(21)5-6-15(14)27-19(16)20(24)26/h3-7,10-11,17H,8-9H2,1-2H3/t17-/m0/s1. The number of halogens is 1. The summed E-state index contributed by atoms with van der Waals surface area (Å²) in [6.07, 6.45) is 3.26. The normalized spacial score (nSPS) is 16.4. The molecule has 0 N–H and O–H groups in total. The summed E-state index contributed by atoms with van der Waals surface area (Å²) in [5, 5.41) is 0.130. The lowest BCUT2D eigenvalue weighted by atomic mass is 10.00. The Morgan fingerprint density at radius 3 is 2.78 bits per heavy atom. The summed E-state index contributed by atoms with van der Waals surface area (Å²) in [6, 6.07) is 6.70. The van der Waals surface area contributed by atoms with Crippen molar-refractivity contribution in [1.82, 2.24) is 14.8 Å². The number of pyridine rings is 1. The summed E-state index contributed by atoms with van der Waals surface area (Å²) in [5.41, 5.74) is 0.768. The Morgan fingerprint density at radius 1 is 1.26 bits per heavy atom. The van der Waals surface area contributed by atoms with Crippen LogP contribution in [-0.4, -0.2) is 47.9 Å². The van der Waals surface area contributed by atoms with Crippen molar-refractivity contribution in [3.8, 4) is 0 Å². The smallest absolute Gasteiger partial charge is 0.290 e. The maximum atomic E-state index is 13.7. The lowest BCUT2D eigenvalue weighted by Crippen LogP contribution is -2.35. The number of amides is 1.